The number of hydrogen-bond donors (Lipinski definition) is 2. The molecule has 0 saturated carbocycles. The maximum Gasteiger partial charge on any atom is 0.421 e. The number of nitrogens with two attached hydrogens (primary N) is 1. The largest absolute Gasteiger partial charge is 0.460 e. The lowest BCUT2D eigenvalue weighted by Crippen LogP contribution is -2.39. The number of nitrogens with zero attached hydrogens (tertiary/aromatic N) is 6. The molecule has 3 atom stereocenters. The van der Waals surface area contributed by atoms with E-state index in [0.717, 1.165) is 14.7 Å². The highest BCUT2D eigenvalue weighted by atomic mass is 35.5. The number of amides is 4. The molecule has 0 bridgehead atoms. The first kappa shape index (κ1) is 105. The van der Waals surface area contributed by atoms with Crippen LogP contribution in [-0.4, -0.2) is 219 Å². The topological polar surface area (TPSA) is 520 Å². The molecule has 123 heavy (non-hydrogen) atoms. The van der Waals surface area contributed by atoms with Gasteiger partial charge in [0.15, 0.2) is 6.07 Å². The zero-order valence-corrected chi connectivity index (χ0v) is 72.7. The third-order valence-corrected chi connectivity index (χ3v) is 17.2. The van der Waals surface area contributed by atoms with E-state index < -0.39 is 148 Å². The molecule has 0 aliphatic carbocycles. The van der Waals surface area contributed by atoms with E-state index in [2.05, 4.69) is 5.32 Å². The van der Waals surface area contributed by atoms with Crippen LogP contribution in [0.1, 0.15) is 151 Å². The second-order valence-corrected chi connectivity index (χ2v) is 28.1. The Hall–Kier alpha value is -12.4. The van der Waals surface area contributed by atoms with Crippen LogP contribution in [0, 0.1) is 30.3 Å². The van der Waals surface area contributed by atoms with Crippen LogP contribution < -0.4 is 11.1 Å². The van der Waals surface area contributed by atoms with Gasteiger partial charge in [-0.05, 0) is 121 Å². The van der Waals surface area contributed by atoms with E-state index in [9.17, 15) is 87.9 Å². The summed E-state index contributed by atoms with van der Waals surface area (Å²) in [5.41, 5.74) is 3.86. The number of carbonyl (C=O) groups is 12. The lowest BCUT2D eigenvalue weighted by atomic mass is 9.79. The summed E-state index contributed by atoms with van der Waals surface area (Å²) in [6.45, 7) is 21.5. The van der Waals surface area contributed by atoms with Gasteiger partial charge in [-0.15, -0.1) is 12.4 Å². The van der Waals surface area contributed by atoms with Crippen LogP contribution in [0.25, 0.3) is 0 Å². The van der Waals surface area contributed by atoms with E-state index in [0.29, 0.717) is 0 Å². The average Bonchev–Trinajstić information content (AvgIpc) is 0.754. The van der Waals surface area contributed by atoms with Crippen molar-refractivity contribution in [1.29, 1.82) is 0 Å². The van der Waals surface area contributed by atoms with Crippen molar-refractivity contribution in [3.05, 3.63) is 187 Å². The van der Waals surface area contributed by atoms with Crippen molar-refractivity contribution in [3.63, 3.8) is 0 Å². The SMILES string of the molecule is COCCOC(=O)C1=C(C)N(C(=O)OCCl)C(C)=C(C(=O)OC(C)C)C1c1cccc([N+](=O)[O-])c1.COCCOC(=O)C1=C(C)N(C(=O)OCOC(=O)CCN)C(C)=C(C(=O)OC(C)C)C1c1cccc([N+](=O)[O-])c1.COCCOC(=O)C1=C(C)N(C(=O)OCOC(=O)CCNC(=O)OC(C)(C)C)C(C)=C(C(=O)OC(C)C)C1c1cccc([N+](=O)[O-])c1.Cl. The number of alkyl carbamates (subject to hydrolysis) is 1. The lowest BCUT2D eigenvalue weighted by molar-refractivity contribution is -0.385. The first-order valence-electron chi connectivity index (χ1n) is 37.5. The van der Waals surface area contributed by atoms with Gasteiger partial charge in [-0.3, -0.25) is 54.6 Å². The minimum atomic E-state index is -1.24. The van der Waals surface area contributed by atoms with E-state index in [1.165, 1.54) is 136 Å². The molecule has 0 saturated heterocycles. The highest BCUT2D eigenvalue weighted by Gasteiger charge is 2.47. The van der Waals surface area contributed by atoms with Crippen LogP contribution in [0.3, 0.4) is 0 Å². The second-order valence-electron chi connectivity index (χ2n) is 27.9. The number of nitro groups is 3. The molecule has 6 rings (SSSR count). The van der Waals surface area contributed by atoms with Crippen molar-refractivity contribution < 1.29 is 143 Å². The molecule has 3 unspecified atom stereocenters. The minimum absolute atomic E-state index is 0. The van der Waals surface area contributed by atoms with E-state index in [1.807, 2.05) is 0 Å². The van der Waals surface area contributed by atoms with Gasteiger partial charge in [0, 0.05) is 105 Å². The molecule has 0 spiro atoms. The van der Waals surface area contributed by atoms with Crippen LogP contribution in [0.15, 0.2) is 140 Å². The predicted octanol–water partition coefficient (Wildman–Crippen LogP) is 11.3. The van der Waals surface area contributed by atoms with Crippen molar-refractivity contribution in [2.24, 2.45) is 5.73 Å². The molecule has 3 aromatic rings. The van der Waals surface area contributed by atoms with Gasteiger partial charge >= 0.3 is 72.1 Å². The summed E-state index contributed by atoms with van der Waals surface area (Å²) >= 11 is 5.57. The zero-order valence-electron chi connectivity index (χ0n) is 71.1. The number of alkyl halides is 1. The fraction of sp³-hybridized carbons (Fsp3) is 0.475. The molecule has 0 radical (unpaired) electrons. The normalized spacial score (nSPS) is 15.1. The van der Waals surface area contributed by atoms with Crippen molar-refractivity contribution >= 4 is 113 Å². The molecule has 0 aromatic heterocycles. The van der Waals surface area contributed by atoms with Crippen molar-refractivity contribution in [2.75, 3.05) is 93.7 Å². The number of nitrogens with one attached hydrogen (secondary N) is 1. The van der Waals surface area contributed by atoms with Crippen LogP contribution in [0.4, 0.5) is 36.2 Å². The van der Waals surface area contributed by atoms with Gasteiger partial charge in [0.05, 0.1) is 117 Å². The average molecular weight is 1770 g/mol. The Balaban J connectivity index is 0.000000480. The number of non-ortho nitro benzene ring substituents is 3. The van der Waals surface area contributed by atoms with Crippen molar-refractivity contribution in [3.8, 4) is 0 Å². The highest BCUT2D eigenvalue weighted by Crippen LogP contribution is 2.48. The number of esters is 8. The summed E-state index contributed by atoms with van der Waals surface area (Å²) in [6, 6.07) is 15.8. The number of benzene rings is 3. The Labute approximate surface area is 718 Å². The number of ether oxygens (including phenoxy) is 15. The summed E-state index contributed by atoms with van der Waals surface area (Å²) in [5.74, 6) is -10.3. The van der Waals surface area contributed by atoms with Crippen LogP contribution in [0.2, 0.25) is 0 Å². The van der Waals surface area contributed by atoms with Gasteiger partial charge in [-0.25, -0.2) is 47.9 Å². The summed E-state index contributed by atoms with van der Waals surface area (Å²) in [5, 5.41) is 36.9. The first-order valence-corrected chi connectivity index (χ1v) is 38.0. The van der Waals surface area contributed by atoms with Crippen LogP contribution >= 0.6 is 24.0 Å². The van der Waals surface area contributed by atoms with Crippen molar-refractivity contribution in [1.82, 2.24) is 20.0 Å². The quantitative estimate of drug-likeness (QED) is 0.0107. The summed E-state index contributed by atoms with van der Waals surface area (Å²) < 4.78 is 77.2. The Morgan fingerprint density at radius 1 is 0.431 bits per heavy atom. The molecule has 41 nitrogen and oxygen atoms in total. The standard InChI is InChI=1S/C31H41N3O13.C26H33N3O11.C23H27ClN2O9.ClH/c1-18(2)46-28(37)25-20(4)33(30(39)45-17-44-23(35)12-13-32-29(38)47-31(5,6)7)19(3)24(27(36)43-15-14-42-8)26(25)21-10-9-11-22(16-21)34(40)41;1-15(2)40-25(32)22-17(4)28(26(33)39-14-38-20(30)9-10-27)16(3)21(24(31)37-12-11-36-5)23(22)18-7-6-8-19(13-18)29(34)35;1-13(2)35-22(28)19-15(4)25(23(29)34-12-24)14(3)18(21(27)33-10-9-32-5)20(19)16-7-6-8-17(11-16)26(30)31;/h9-11,16,18,26H,12-15,17H2,1-8H3,(H,32,38);6-8,13,15,23H,9-12,14,27H2,1-5H3;6-8,11,13,20H,9-10,12H2,1-5H3;1H. The fourth-order valence-corrected chi connectivity index (χ4v) is 12.2. The minimum Gasteiger partial charge on any atom is -0.460 e. The molecule has 43 heteroatoms. The molecular weight excluding hydrogens is 1670 g/mol. The summed E-state index contributed by atoms with van der Waals surface area (Å²) in [7, 11) is 4.25. The maximum atomic E-state index is 13.6. The number of hydrogen-bond acceptors (Lipinski definition) is 34. The van der Waals surface area contributed by atoms with E-state index in [-0.39, 0.29) is 179 Å². The predicted molar refractivity (Wildman–Crippen MR) is 433 cm³/mol. The Morgan fingerprint density at radius 2 is 0.707 bits per heavy atom. The smallest absolute Gasteiger partial charge is 0.421 e. The monoisotopic (exact) mass is 1770 g/mol. The number of halogens is 2. The Kier molecular flexibility index (Phi) is 42.7. The van der Waals surface area contributed by atoms with E-state index in [4.69, 9.17) is 88.4 Å². The number of allylic oxidation sites excluding steroid dienone is 6. The summed E-state index contributed by atoms with van der Waals surface area (Å²) in [4.78, 5) is 191. The maximum absolute atomic E-state index is 13.6. The zero-order chi connectivity index (χ0) is 91.7. The van der Waals surface area contributed by atoms with Gasteiger partial charge in [0.2, 0.25) is 13.6 Å². The number of nitro benzene ring substituents is 3. The van der Waals surface area contributed by atoms with E-state index in [1.54, 1.807) is 62.3 Å². The number of carbonyl (C=O) groups excluding carboxylic acids is 12. The van der Waals surface area contributed by atoms with Crippen LogP contribution in [0.5, 0.6) is 0 Å². The van der Waals surface area contributed by atoms with Crippen LogP contribution in [-0.2, 0) is 109 Å². The molecule has 3 aromatic carbocycles. The molecule has 3 aliphatic rings. The number of rotatable bonds is 34. The first-order chi connectivity index (χ1) is 57.5. The molecule has 0 fully saturated rings. The second kappa shape index (κ2) is 50.1. The Bertz CT molecular complexity index is 4600. The fourth-order valence-electron chi connectivity index (χ4n) is 12.1. The van der Waals surface area contributed by atoms with Gasteiger partial charge in [-0.1, -0.05) is 48.0 Å². The van der Waals surface area contributed by atoms with E-state index >= 15 is 0 Å². The molecular formula is C80H102Cl2N8O33. The van der Waals surface area contributed by atoms with Gasteiger partial charge in [-0.2, -0.15) is 0 Å². The Morgan fingerprint density at radius 3 is 0.959 bits per heavy atom. The number of methoxy groups -OCH3 is 3. The summed E-state index contributed by atoms with van der Waals surface area (Å²) in [6.07, 6.45) is -5.89. The molecule has 3 heterocycles. The molecule has 674 valence electrons. The highest BCUT2D eigenvalue weighted by molar-refractivity contribution is 6.17. The van der Waals surface area contributed by atoms with Gasteiger partial charge < -0.3 is 82.1 Å². The molecule has 4 amide bonds. The van der Waals surface area contributed by atoms with Crippen molar-refractivity contribution in [2.45, 2.75) is 158 Å². The third kappa shape index (κ3) is 30.0. The van der Waals surface area contributed by atoms with Gasteiger partial charge in [0.25, 0.3) is 17.1 Å². The lowest BCUT2D eigenvalue weighted by Gasteiger charge is -2.36. The van der Waals surface area contributed by atoms with Gasteiger partial charge in [0.1, 0.15) is 25.4 Å². The third-order valence-electron chi connectivity index (χ3n) is 17.1. The molecule has 3 N–H and O–H groups in total. The molecule has 3 aliphatic heterocycles.